The normalized spacial score (nSPS) is 11.1. The van der Waals surface area contributed by atoms with Crippen molar-refractivity contribution in [2.75, 3.05) is 6.61 Å². The second-order valence-electron chi connectivity index (χ2n) is 8.24. The third-order valence-electron chi connectivity index (χ3n) is 5.59. The first-order valence-corrected chi connectivity index (χ1v) is 12.6. The molecule has 1 heterocycles. The van der Waals surface area contributed by atoms with Gasteiger partial charge in [-0.3, -0.25) is 4.79 Å². The molecule has 35 heavy (non-hydrogen) atoms. The molecule has 0 aliphatic heterocycles. The summed E-state index contributed by atoms with van der Waals surface area (Å²) in [5.74, 6) is 0.333. The maximum absolute atomic E-state index is 12.0. The number of aromatic nitrogens is 1. The first kappa shape index (κ1) is 24.6. The third-order valence-corrected chi connectivity index (χ3v) is 6.09. The number of benzene rings is 3. The van der Waals surface area contributed by atoms with Crippen LogP contribution in [0.1, 0.15) is 32.6 Å². The van der Waals surface area contributed by atoms with Crippen LogP contribution in [0.4, 0.5) is 0 Å². The van der Waals surface area contributed by atoms with Crippen LogP contribution >= 0.6 is 15.9 Å². The smallest absolute Gasteiger partial charge is 0.277 e. The van der Waals surface area contributed by atoms with Gasteiger partial charge in [-0.05, 0) is 72.5 Å². The van der Waals surface area contributed by atoms with E-state index in [1.54, 1.807) is 6.21 Å². The van der Waals surface area contributed by atoms with Crippen molar-refractivity contribution in [3.63, 3.8) is 0 Å². The standard InChI is InChI=1S/C29H28BrN3O2/c1-2-3-4-8-17-31-33-29(34)20-35-24-14-11-22(12-15-24)28-19-25(21-9-6-5-7-10-21)26-18-23(30)13-16-27(26)32-28/h5-7,9-19H,2-4,8,20H2,1H3,(H,33,34). The molecule has 0 radical (unpaired) electrons. The number of pyridine rings is 1. The molecule has 1 N–H and O–H groups in total. The van der Waals surface area contributed by atoms with E-state index in [1.807, 2.05) is 54.6 Å². The second-order valence-corrected chi connectivity index (χ2v) is 9.15. The highest BCUT2D eigenvalue weighted by Crippen LogP contribution is 2.34. The highest BCUT2D eigenvalue weighted by atomic mass is 79.9. The maximum atomic E-state index is 12.0. The summed E-state index contributed by atoms with van der Waals surface area (Å²) >= 11 is 3.58. The molecule has 6 heteroatoms. The summed E-state index contributed by atoms with van der Waals surface area (Å²) in [6.07, 6.45) is 6.01. The first-order chi connectivity index (χ1) is 17.1. The summed E-state index contributed by atoms with van der Waals surface area (Å²) in [7, 11) is 0. The van der Waals surface area contributed by atoms with Gasteiger partial charge < -0.3 is 4.74 Å². The van der Waals surface area contributed by atoms with Gasteiger partial charge in [0.15, 0.2) is 6.61 Å². The van der Waals surface area contributed by atoms with E-state index in [1.165, 1.54) is 6.42 Å². The molecule has 4 aromatic rings. The van der Waals surface area contributed by atoms with Crippen molar-refractivity contribution in [1.29, 1.82) is 0 Å². The molecule has 178 valence electrons. The Morgan fingerprint density at radius 1 is 1.00 bits per heavy atom. The average Bonchev–Trinajstić information content (AvgIpc) is 2.89. The Hall–Kier alpha value is -3.51. The molecule has 0 spiro atoms. The Balaban J connectivity index is 1.46. The number of hydrazone groups is 1. The van der Waals surface area contributed by atoms with Gasteiger partial charge in [0.05, 0.1) is 11.2 Å². The van der Waals surface area contributed by atoms with E-state index in [0.717, 1.165) is 57.0 Å². The van der Waals surface area contributed by atoms with Crippen molar-refractivity contribution in [2.45, 2.75) is 32.6 Å². The van der Waals surface area contributed by atoms with E-state index in [-0.39, 0.29) is 12.5 Å². The van der Waals surface area contributed by atoms with Crippen LogP contribution in [0.2, 0.25) is 0 Å². The number of carbonyl (C=O) groups excluding carboxylic acids is 1. The van der Waals surface area contributed by atoms with Crippen molar-refractivity contribution in [3.05, 3.63) is 83.3 Å². The molecule has 1 amide bonds. The summed E-state index contributed by atoms with van der Waals surface area (Å²) in [6.45, 7) is 2.06. The molecule has 5 nitrogen and oxygen atoms in total. The highest BCUT2D eigenvalue weighted by Gasteiger charge is 2.11. The molecule has 0 bridgehead atoms. The van der Waals surface area contributed by atoms with Gasteiger partial charge in [0, 0.05) is 21.6 Å². The number of amides is 1. The largest absolute Gasteiger partial charge is 0.484 e. The minimum atomic E-state index is -0.282. The number of hydrogen-bond donors (Lipinski definition) is 1. The van der Waals surface area contributed by atoms with Crippen molar-refractivity contribution in [2.24, 2.45) is 5.10 Å². The lowest BCUT2D eigenvalue weighted by molar-refractivity contribution is -0.123. The minimum absolute atomic E-state index is 0.0904. The molecule has 0 unspecified atom stereocenters. The number of fused-ring (bicyclic) bond motifs is 1. The number of halogens is 1. The molecule has 4 rings (SSSR count). The highest BCUT2D eigenvalue weighted by molar-refractivity contribution is 9.10. The van der Waals surface area contributed by atoms with Gasteiger partial charge in [0.1, 0.15) is 5.75 Å². The van der Waals surface area contributed by atoms with Gasteiger partial charge in [-0.1, -0.05) is 66.0 Å². The lowest BCUT2D eigenvalue weighted by Crippen LogP contribution is -2.24. The van der Waals surface area contributed by atoms with Crippen molar-refractivity contribution in [3.8, 4) is 28.1 Å². The zero-order valence-corrected chi connectivity index (χ0v) is 21.3. The molecule has 0 atom stereocenters. The fourth-order valence-corrected chi connectivity index (χ4v) is 4.13. The molecule has 0 saturated heterocycles. The van der Waals surface area contributed by atoms with Gasteiger partial charge in [-0.25, -0.2) is 10.4 Å². The first-order valence-electron chi connectivity index (χ1n) is 11.8. The van der Waals surface area contributed by atoms with Gasteiger partial charge in [-0.15, -0.1) is 0 Å². The molecule has 0 aliphatic rings. The van der Waals surface area contributed by atoms with Gasteiger partial charge in [0.25, 0.3) is 5.91 Å². The van der Waals surface area contributed by atoms with Crippen LogP contribution in [0.3, 0.4) is 0 Å². The van der Waals surface area contributed by atoms with Crippen molar-refractivity contribution >= 4 is 39.0 Å². The Kier molecular flexibility index (Phi) is 8.63. The number of carbonyl (C=O) groups is 1. The number of nitrogens with one attached hydrogen (secondary N) is 1. The molecule has 1 aromatic heterocycles. The quantitative estimate of drug-likeness (QED) is 0.132. The third kappa shape index (κ3) is 6.76. The summed E-state index contributed by atoms with van der Waals surface area (Å²) < 4.78 is 6.64. The van der Waals surface area contributed by atoms with Crippen LogP contribution in [0.25, 0.3) is 33.3 Å². The van der Waals surface area contributed by atoms with E-state index in [2.05, 4.69) is 57.6 Å². The molecular formula is C29H28BrN3O2. The Morgan fingerprint density at radius 2 is 1.80 bits per heavy atom. The van der Waals surface area contributed by atoms with Crippen molar-refractivity contribution in [1.82, 2.24) is 10.4 Å². The molecule has 3 aromatic carbocycles. The molecular weight excluding hydrogens is 502 g/mol. The van der Waals surface area contributed by atoms with Crippen LogP contribution in [0, 0.1) is 0 Å². The van der Waals surface area contributed by atoms with Crippen LogP contribution in [0.5, 0.6) is 5.75 Å². The fraction of sp³-hybridized carbons (Fsp3) is 0.207. The maximum Gasteiger partial charge on any atom is 0.277 e. The summed E-state index contributed by atoms with van der Waals surface area (Å²) in [5, 5.41) is 5.05. The van der Waals surface area contributed by atoms with Gasteiger partial charge in [0.2, 0.25) is 0 Å². The summed E-state index contributed by atoms with van der Waals surface area (Å²) in [4.78, 5) is 16.8. The number of rotatable bonds is 10. The topological polar surface area (TPSA) is 63.6 Å². The monoisotopic (exact) mass is 529 g/mol. The van der Waals surface area contributed by atoms with E-state index in [0.29, 0.717) is 5.75 Å². The average molecular weight is 530 g/mol. The predicted molar refractivity (Wildman–Crippen MR) is 147 cm³/mol. The summed E-state index contributed by atoms with van der Waals surface area (Å²) in [5.41, 5.74) is 7.54. The minimum Gasteiger partial charge on any atom is -0.484 e. The number of nitrogens with zero attached hydrogens (tertiary/aromatic N) is 2. The van der Waals surface area contributed by atoms with Gasteiger partial charge >= 0.3 is 0 Å². The van der Waals surface area contributed by atoms with E-state index < -0.39 is 0 Å². The van der Waals surface area contributed by atoms with Crippen LogP contribution in [-0.4, -0.2) is 23.7 Å². The van der Waals surface area contributed by atoms with Crippen LogP contribution in [0.15, 0.2) is 88.4 Å². The van der Waals surface area contributed by atoms with Gasteiger partial charge in [-0.2, -0.15) is 5.10 Å². The summed E-state index contributed by atoms with van der Waals surface area (Å²) in [6, 6.07) is 26.2. The molecule has 0 aliphatic carbocycles. The Morgan fingerprint density at radius 3 is 2.57 bits per heavy atom. The predicted octanol–water partition coefficient (Wildman–Crippen LogP) is 7.39. The molecule has 0 fully saturated rings. The van der Waals surface area contributed by atoms with Crippen LogP contribution in [-0.2, 0) is 4.79 Å². The molecule has 0 saturated carbocycles. The van der Waals surface area contributed by atoms with E-state index in [4.69, 9.17) is 9.72 Å². The Labute approximate surface area is 214 Å². The SMILES string of the molecule is CCCCCC=NNC(=O)COc1ccc(-c2cc(-c3ccccc3)c3cc(Br)ccc3n2)cc1. The lowest BCUT2D eigenvalue weighted by atomic mass is 9.98. The van der Waals surface area contributed by atoms with E-state index in [9.17, 15) is 4.79 Å². The number of hydrogen-bond acceptors (Lipinski definition) is 4. The number of ether oxygens (including phenoxy) is 1. The lowest BCUT2D eigenvalue weighted by Gasteiger charge is -2.11. The fourth-order valence-electron chi connectivity index (χ4n) is 3.77. The number of unbranched alkanes of at least 4 members (excludes halogenated alkanes) is 3. The van der Waals surface area contributed by atoms with Crippen LogP contribution < -0.4 is 10.2 Å². The van der Waals surface area contributed by atoms with E-state index >= 15 is 0 Å². The zero-order chi connectivity index (χ0) is 24.5. The second kappa shape index (κ2) is 12.3. The van der Waals surface area contributed by atoms with Crippen molar-refractivity contribution < 1.29 is 9.53 Å². The zero-order valence-electron chi connectivity index (χ0n) is 19.7. The Bertz CT molecular complexity index is 1310.